The molecule has 4 N–H and O–H groups in total. The summed E-state index contributed by atoms with van der Waals surface area (Å²) < 4.78 is 34.7. The number of hydroxylamine groups is 3. The minimum Gasteiger partial charge on any atom is -0.325 e. The average Bonchev–Trinajstić information content (AvgIpc) is 3.01. The van der Waals surface area contributed by atoms with E-state index in [9.17, 15) is 18.0 Å². The highest BCUT2D eigenvalue weighted by molar-refractivity contribution is 7.80. The van der Waals surface area contributed by atoms with E-state index in [0.29, 0.717) is 17.9 Å². The summed E-state index contributed by atoms with van der Waals surface area (Å²) in [6.07, 6.45) is 2.95. The van der Waals surface area contributed by atoms with Gasteiger partial charge in [0.15, 0.2) is 0 Å². The summed E-state index contributed by atoms with van der Waals surface area (Å²) in [6.45, 7) is 0.134. The minimum absolute atomic E-state index is 0.131. The molecule has 0 aromatic heterocycles. The van der Waals surface area contributed by atoms with Crippen LogP contribution < -0.4 is 11.2 Å². The van der Waals surface area contributed by atoms with Gasteiger partial charge in [0.05, 0.1) is 6.04 Å². The molecule has 12 heteroatoms. The van der Waals surface area contributed by atoms with Crippen LogP contribution in [0.3, 0.4) is 0 Å². The minimum atomic E-state index is -4.81. The first-order valence-corrected chi connectivity index (χ1v) is 9.10. The van der Waals surface area contributed by atoms with E-state index in [2.05, 4.69) is 9.76 Å². The second-order valence-corrected chi connectivity index (χ2v) is 7.23. The van der Waals surface area contributed by atoms with Crippen LogP contribution in [0, 0.1) is 0 Å². The largest absolute Gasteiger partial charge is 0.418 e. The lowest BCUT2D eigenvalue weighted by Gasteiger charge is -2.29. The molecular formula is C12H20N4O7S. The highest BCUT2D eigenvalue weighted by Gasteiger charge is 2.49. The zero-order valence-corrected chi connectivity index (χ0v) is 13.6. The van der Waals surface area contributed by atoms with Crippen molar-refractivity contribution in [1.29, 1.82) is 0 Å². The molecule has 2 bridgehead atoms. The summed E-state index contributed by atoms with van der Waals surface area (Å²) in [4.78, 5) is 31.0. The van der Waals surface area contributed by atoms with Crippen LogP contribution in [-0.4, -0.2) is 65.6 Å². The molecule has 3 aliphatic rings. The molecule has 3 amide bonds. The summed E-state index contributed by atoms with van der Waals surface area (Å²) in [6, 6.07) is -2.24. The van der Waals surface area contributed by atoms with Crippen molar-refractivity contribution in [3.05, 3.63) is 0 Å². The van der Waals surface area contributed by atoms with Gasteiger partial charge in [-0.05, 0) is 32.1 Å². The lowest BCUT2D eigenvalue weighted by atomic mass is 10.0. The molecule has 2 heterocycles. The maximum Gasteiger partial charge on any atom is 0.418 e. The van der Waals surface area contributed by atoms with Crippen LogP contribution in [0.5, 0.6) is 0 Å². The third kappa shape index (κ3) is 3.47. The number of carbonyl (C=O) groups is 2. The van der Waals surface area contributed by atoms with Gasteiger partial charge in [-0.15, -0.1) is 4.28 Å². The number of hydrogen-bond donors (Lipinski definition) is 3. The smallest absolute Gasteiger partial charge is 0.325 e. The van der Waals surface area contributed by atoms with Crippen molar-refractivity contribution >= 4 is 22.3 Å². The Balaban J connectivity index is 1.60. The topological polar surface area (TPSA) is 151 Å². The molecule has 2 saturated heterocycles. The molecule has 0 spiro atoms. The number of piperidine rings is 1. The van der Waals surface area contributed by atoms with Crippen molar-refractivity contribution in [2.75, 3.05) is 6.54 Å². The van der Waals surface area contributed by atoms with E-state index >= 15 is 0 Å². The Morgan fingerprint density at radius 1 is 1.29 bits per heavy atom. The predicted molar refractivity (Wildman–Crippen MR) is 78.2 cm³/mol. The van der Waals surface area contributed by atoms with Gasteiger partial charge in [-0.1, -0.05) is 0 Å². The summed E-state index contributed by atoms with van der Waals surface area (Å²) >= 11 is 0. The number of urea groups is 1. The van der Waals surface area contributed by atoms with Crippen LogP contribution in [0.2, 0.25) is 0 Å². The van der Waals surface area contributed by atoms with Crippen molar-refractivity contribution in [2.45, 2.75) is 56.3 Å². The summed E-state index contributed by atoms with van der Waals surface area (Å²) in [7, 11) is -4.81. The quantitative estimate of drug-likeness (QED) is 0.411. The van der Waals surface area contributed by atoms with Gasteiger partial charge < -0.3 is 10.6 Å². The number of carbonyl (C=O) groups excluding carboxylic acids is 2. The van der Waals surface area contributed by atoms with Crippen LogP contribution in [0.1, 0.15) is 32.1 Å². The Kier molecular flexibility index (Phi) is 4.66. The number of rotatable bonds is 5. The number of hydrogen-bond acceptors (Lipinski definition) is 7. The van der Waals surface area contributed by atoms with Crippen molar-refractivity contribution in [2.24, 2.45) is 5.73 Å². The maximum atomic E-state index is 12.3. The molecule has 24 heavy (non-hydrogen) atoms. The number of nitrogens with two attached hydrogens (primary N) is 1. The molecule has 1 aliphatic carbocycles. The molecule has 0 aromatic carbocycles. The summed E-state index contributed by atoms with van der Waals surface area (Å²) in [5.74, 6) is -0.491. The van der Waals surface area contributed by atoms with Crippen molar-refractivity contribution in [3.8, 4) is 0 Å². The molecule has 2 aliphatic heterocycles. The normalized spacial score (nSPS) is 33.2. The fraction of sp³-hybridized carbons (Fsp3) is 0.833. The monoisotopic (exact) mass is 364 g/mol. The first kappa shape index (κ1) is 17.4. The van der Waals surface area contributed by atoms with E-state index in [1.54, 1.807) is 0 Å². The highest BCUT2D eigenvalue weighted by atomic mass is 32.3. The van der Waals surface area contributed by atoms with Crippen LogP contribution in [-0.2, 0) is 24.3 Å². The maximum absolute atomic E-state index is 12.3. The lowest BCUT2D eigenvalue weighted by molar-refractivity contribution is -0.144. The molecule has 0 aromatic rings. The van der Waals surface area contributed by atoms with Gasteiger partial charge in [0, 0.05) is 12.6 Å². The van der Waals surface area contributed by atoms with Gasteiger partial charge in [0.25, 0.3) is 5.91 Å². The third-order valence-corrected chi connectivity index (χ3v) is 4.96. The van der Waals surface area contributed by atoms with Crippen molar-refractivity contribution in [3.63, 3.8) is 0 Å². The lowest BCUT2D eigenvalue weighted by Crippen LogP contribution is -2.51. The zero-order valence-electron chi connectivity index (χ0n) is 12.8. The molecule has 3 fully saturated rings. The van der Waals surface area contributed by atoms with E-state index in [4.69, 9.17) is 15.1 Å². The Hall–Kier alpha value is -1.47. The van der Waals surface area contributed by atoms with Crippen molar-refractivity contribution < 1.29 is 31.7 Å². The van der Waals surface area contributed by atoms with Gasteiger partial charge in [-0.25, -0.2) is 10.3 Å². The van der Waals surface area contributed by atoms with Crippen LogP contribution in [0.15, 0.2) is 0 Å². The van der Waals surface area contributed by atoms with E-state index in [1.807, 2.05) is 0 Å². The van der Waals surface area contributed by atoms with E-state index < -0.39 is 34.4 Å². The van der Waals surface area contributed by atoms with E-state index in [0.717, 1.165) is 19.3 Å². The fourth-order valence-electron chi connectivity index (χ4n) is 3.41. The Morgan fingerprint density at radius 3 is 2.67 bits per heavy atom. The predicted octanol–water partition coefficient (Wildman–Crippen LogP) is -1.08. The van der Waals surface area contributed by atoms with Gasteiger partial charge in [0.1, 0.15) is 12.1 Å². The van der Waals surface area contributed by atoms with Crippen LogP contribution in [0.25, 0.3) is 0 Å². The standard InChI is InChI=1S/C12H20N4O7S/c13-8-2-1-3-10(8)22-14-11(17)9-5-4-7-6-15(9)12(18)16(7)23-24(19,20)21/h7-10H,1-6,13H2,(H,14,17)(H,19,20,21)/t7-,8?,9+,10?/m1/s1. The number of fused-ring (bicyclic) bond motifs is 2. The van der Waals surface area contributed by atoms with Crippen LogP contribution >= 0.6 is 0 Å². The molecule has 1 saturated carbocycles. The molecule has 3 rings (SSSR count). The first-order valence-electron chi connectivity index (χ1n) is 7.74. The number of nitrogens with zero attached hydrogens (tertiary/aromatic N) is 2. The molecule has 4 atom stereocenters. The van der Waals surface area contributed by atoms with Gasteiger partial charge in [-0.3, -0.25) is 14.2 Å². The fourth-order valence-corrected chi connectivity index (χ4v) is 3.80. The average molecular weight is 364 g/mol. The van der Waals surface area contributed by atoms with Gasteiger partial charge in [-0.2, -0.15) is 13.5 Å². The molecule has 2 unspecified atom stereocenters. The zero-order chi connectivity index (χ0) is 17.5. The van der Waals surface area contributed by atoms with Crippen molar-refractivity contribution in [1.82, 2.24) is 15.4 Å². The first-order chi connectivity index (χ1) is 11.3. The van der Waals surface area contributed by atoms with E-state index in [-0.39, 0.29) is 18.7 Å². The number of amides is 3. The second-order valence-electron chi connectivity index (χ2n) is 6.23. The summed E-state index contributed by atoms with van der Waals surface area (Å²) in [5, 5.41) is 0.594. The molecular weight excluding hydrogens is 344 g/mol. The van der Waals surface area contributed by atoms with Gasteiger partial charge in [0.2, 0.25) is 0 Å². The van der Waals surface area contributed by atoms with E-state index in [1.165, 1.54) is 4.90 Å². The Bertz CT molecular complexity index is 627. The van der Waals surface area contributed by atoms with Crippen LogP contribution in [0.4, 0.5) is 4.79 Å². The third-order valence-electron chi connectivity index (χ3n) is 4.61. The molecule has 136 valence electrons. The summed E-state index contributed by atoms with van der Waals surface area (Å²) in [5.41, 5.74) is 8.21. The second kappa shape index (κ2) is 6.44. The Morgan fingerprint density at radius 2 is 2.04 bits per heavy atom. The SMILES string of the molecule is NC1CCCC1ONC(=O)[C@@H]1CC[C@@H]2CN1C(=O)N2OS(=O)(=O)O. The molecule has 11 nitrogen and oxygen atoms in total. The Labute approximate surface area is 138 Å². The number of nitrogens with one attached hydrogen (secondary N) is 1. The van der Waals surface area contributed by atoms with Gasteiger partial charge >= 0.3 is 16.4 Å². The molecule has 0 radical (unpaired) electrons. The highest BCUT2D eigenvalue weighted by Crippen LogP contribution is 2.30.